The summed E-state index contributed by atoms with van der Waals surface area (Å²) in [4.78, 5) is 34.9. The first-order valence-corrected chi connectivity index (χ1v) is 6.29. The number of carbonyl (C=O) groups is 3. The van der Waals surface area contributed by atoms with E-state index in [9.17, 15) is 14.4 Å². The Kier molecular flexibility index (Phi) is 6.22. The summed E-state index contributed by atoms with van der Waals surface area (Å²) < 4.78 is 0. The number of carboxylic acids is 1. The molecule has 0 fully saturated rings. The van der Waals surface area contributed by atoms with Crippen LogP contribution in [-0.4, -0.2) is 35.0 Å². The van der Waals surface area contributed by atoms with Gasteiger partial charge in [0.25, 0.3) is 0 Å². The summed E-state index contributed by atoms with van der Waals surface area (Å²) >= 11 is 0. The van der Waals surface area contributed by atoms with Crippen LogP contribution in [0.2, 0.25) is 0 Å². The van der Waals surface area contributed by atoms with E-state index in [1.54, 1.807) is 7.05 Å². The van der Waals surface area contributed by atoms with E-state index in [1.165, 1.54) is 4.90 Å². The quantitative estimate of drug-likeness (QED) is 0.827. The second-order valence-electron chi connectivity index (χ2n) is 4.44. The Hall–Kier alpha value is -2.37. The standard InChI is InChI=1S/C14H18N2O4/c1-16(10-11-6-3-2-4-7-11)14(20)15-12(17)8-5-9-13(18)19/h2-4,6-7H,5,8-10H2,1H3,(H,18,19)(H,15,17,20). The molecule has 0 saturated carbocycles. The number of hydrogen-bond donors (Lipinski definition) is 2. The van der Waals surface area contributed by atoms with Crippen molar-refractivity contribution in [3.05, 3.63) is 35.9 Å². The third-order valence-electron chi connectivity index (χ3n) is 2.65. The molecule has 1 rings (SSSR count). The lowest BCUT2D eigenvalue weighted by Crippen LogP contribution is -2.40. The Morgan fingerprint density at radius 2 is 1.80 bits per heavy atom. The van der Waals surface area contributed by atoms with Gasteiger partial charge in [-0.3, -0.25) is 14.9 Å². The van der Waals surface area contributed by atoms with Gasteiger partial charge < -0.3 is 10.0 Å². The summed E-state index contributed by atoms with van der Waals surface area (Å²) in [5, 5.41) is 10.7. The first kappa shape index (κ1) is 15.7. The van der Waals surface area contributed by atoms with Crippen LogP contribution >= 0.6 is 0 Å². The van der Waals surface area contributed by atoms with Gasteiger partial charge in [0, 0.05) is 26.4 Å². The number of nitrogens with zero attached hydrogens (tertiary/aromatic N) is 1. The number of imide groups is 1. The zero-order valence-electron chi connectivity index (χ0n) is 11.3. The Labute approximate surface area is 117 Å². The predicted molar refractivity (Wildman–Crippen MR) is 72.9 cm³/mol. The van der Waals surface area contributed by atoms with Crippen molar-refractivity contribution >= 4 is 17.9 Å². The summed E-state index contributed by atoms with van der Waals surface area (Å²) in [6.45, 7) is 0.398. The van der Waals surface area contributed by atoms with Crippen molar-refractivity contribution in [1.29, 1.82) is 0 Å². The average Bonchev–Trinajstić information content (AvgIpc) is 2.39. The Bertz CT molecular complexity index is 473. The molecule has 0 bridgehead atoms. The third-order valence-corrected chi connectivity index (χ3v) is 2.65. The van der Waals surface area contributed by atoms with Crippen LogP contribution in [0.5, 0.6) is 0 Å². The third kappa shape index (κ3) is 5.99. The SMILES string of the molecule is CN(Cc1ccccc1)C(=O)NC(=O)CCCC(=O)O. The number of carboxylic acid groups (broad SMARTS) is 1. The van der Waals surface area contributed by atoms with Gasteiger partial charge in [0.1, 0.15) is 0 Å². The number of urea groups is 1. The van der Waals surface area contributed by atoms with Crippen LogP contribution in [0.4, 0.5) is 4.79 Å². The van der Waals surface area contributed by atoms with Crippen LogP contribution in [0, 0.1) is 0 Å². The number of nitrogens with one attached hydrogen (secondary N) is 1. The maximum absolute atomic E-state index is 11.7. The van der Waals surface area contributed by atoms with Crippen LogP contribution in [0.15, 0.2) is 30.3 Å². The lowest BCUT2D eigenvalue weighted by molar-refractivity contribution is -0.137. The smallest absolute Gasteiger partial charge is 0.324 e. The second-order valence-corrected chi connectivity index (χ2v) is 4.44. The van der Waals surface area contributed by atoms with Crippen molar-refractivity contribution in [3.8, 4) is 0 Å². The molecule has 0 atom stereocenters. The number of benzene rings is 1. The fourth-order valence-corrected chi connectivity index (χ4v) is 1.61. The topological polar surface area (TPSA) is 86.7 Å². The molecule has 6 nitrogen and oxygen atoms in total. The number of rotatable bonds is 6. The molecule has 1 aromatic rings. The van der Waals surface area contributed by atoms with E-state index in [0.29, 0.717) is 6.54 Å². The molecule has 3 amide bonds. The van der Waals surface area contributed by atoms with Gasteiger partial charge in [-0.2, -0.15) is 0 Å². The van der Waals surface area contributed by atoms with E-state index >= 15 is 0 Å². The molecule has 6 heteroatoms. The van der Waals surface area contributed by atoms with Crippen LogP contribution in [0.1, 0.15) is 24.8 Å². The van der Waals surface area contributed by atoms with Crippen molar-refractivity contribution in [3.63, 3.8) is 0 Å². The van der Waals surface area contributed by atoms with E-state index < -0.39 is 17.9 Å². The highest BCUT2D eigenvalue weighted by Crippen LogP contribution is 2.03. The van der Waals surface area contributed by atoms with Gasteiger partial charge in [0.15, 0.2) is 0 Å². The minimum absolute atomic E-state index is 0.0250. The lowest BCUT2D eigenvalue weighted by atomic mass is 10.2. The van der Waals surface area contributed by atoms with Gasteiger partial charge >= 0.3 is 12.0 Å². The Balaban J connectivity index is 2.34. The van der Waals surface area contributed by atoms with Crippen LogP contribution in [0.25, 0.3) is 0 Å². The van der Waals surface area contributed by atoms with Crippen LogP contribution in [-0.2, 0) is 16.1 Å². The van der Waals surface area contributed by atoms with Gasteiger partial charge in [-0.05, 0) is 12.0 Å². The molecule has 0 aliphatic carbocycles. The fraction of sp³-hybridized carbons (Fsp3) is 0.357. The van der Waals surface area contributed by atoms with E-state index in [2.05, 4.69) is 5.32 Å². The molecule has 0 aromatic heterocycles. The molecule has 0 aliphatic heterocycles. The summed E-state index contributed by atoms with van der Waals surface area (Å²) in [6, 6.07) is 8.91. The van der Waals surface area contributed by atoms with Crippen LogP contribution < -0.4 is 5.32 Å². The lowest BCUT2D eigenvalue weighted by Gasteiger charge is -2.17. The molecule has 2 N–H and O–H groups in total. The minimum Gasteiger partial charge on any atom is -0.481 e. The van der Waals surface area contributed by atoms with Crippen molar-refractivity contribution < 1.29 is 19.5 Å². The first-order valence-electron chi connectivity index (χ1n) is 6.29. The van der Waals surface area contributed by atoms with E-state index in [1.807, 2.05) is 30.3 Å². The van der Waals surface area contributed by atoms with Crippen molar-refractivity contribution in [1.82, 2.24) is 10.2 Å². The fourth-order valence-electron chi connectivity index (χ4n) is 1.61. The van der Waals surface area contributed by atoms with E-state index in [4.69, 9.17) is 5.11 Å². The molecular formula is C14H18N2O4. The predicted octanol–water partition coefficient (Wildman–Crippen LogP) is 1.61. The molecule has 1 aromatic carbocycles. The zero-order chi connectivity index (χ0) is 15.0. The van der Waals surface area contributed by atoms with Crippen molar-refractivity contribution in [2.24, 2.45) is 0 Å². The molecule has 0 saturated heterocycles. The summed E-state index contributed by atoms with van der Waals surface area (Å²) in [5.41, 5.74) is 0.962. The number of hydrogen-bond acceptors (Lipinski definition) is 3. The number of carbonyl (C=O) groups excluding carboxylic acids is 2. The molecule has 0 spiro atoms. The Morgan fingerprint density at radius 3 is 2.40 bits per heavy atom. The normalized spacial score (nSPS) is 9.85. The maximum Gasteiger partial charge on any atom is 0.324 e. The van der Waals surface area contributed by atoms with Gasteiger partial charge in [0.2, 0.25) is 5.91 Å². The van der Waals surface area contributed by atoms with Crippen LogP contribution in [0.3, 0.4) is 0 Å². The second kappa shape index (κ2) is 7.93. The molecule has 0 unspecified atom stereocenters. The average molecular weight is 278 g/mol. The first-order chi connectivity index (χ1) is 9.49. The number of aliphatic carboxylic acids is 1. The van der Waals surface area contributed by atoms with E-state index in [-0.39, 0.29) is 19.3 Å². The molecule has 0 radical (unpaired) electrons. The maximum atomic E-state index is 11.7. The minimum atomic E-state index is -0.953. The van der Waals surface area contributed by atoms with Crippen molar-refractivity contribution in [2.45, 2.75) is 25.8 Å². The highest BCUT2D eigenvalue weighted by atomic mass is 16.4. The monoisotopic (exact) mass is 278 g/mol. The van der Waals surface area contributed by atoms with Crippen molar-refractivity contribution in [2.75, 3.05) is 7.05 Å². The van der Waals surface area contributed by atoms with Gasteiger partial charge in [0.05, 0.1) is 0 Å². The molecule has 0 heterocycles. The largest absolute Gasteiger partial charge is 0.481 e. The molecular weight excluding hydrogens is 260 g/mol. The molecule has 108 valence electrons. The summed E-state index contributed by atoms with van der Waals surface area (Å²) in [6.07, 6.45) is 0.162. The molecule has 0 aliphatic rings. The zero-order valence-corrected chi connectivity index (χ0v) is 11.3. The van der Waals surface area contributed by atoms with Gasteiger partial charge in [-0.1, -0.05) is 30.3 Å². The number of amides is 3. The highest BCUT2D eigenvalue weighted by molar-refractivity contribution is 5.94. The Morgan fingerprint density at radius 1 is 1.15 bits per heavy atom. The summed E-state index contributed by atoms with van der Waals surface area (Å²) in [7, 11) is 1.59. The summed E-state index contributed by atoms with van der Waals surface area (Å²) in [5.74, 6) is -1.42. The van der Waals surface area contributed by atoms with Gasteiger partial charge in [-0.15, -0.1) is 0 Å². The van der Waals surface area contributed by atoms with Gasteiger partial charge in [-0.25, -0.2) is 4.79 Å². The molecule has 20 heavy (non-hydrogen) atoms. The highest BCUT2D eigenvalue weighted by Gasteiger charge is 2.12. The van der Waals surface area contributed by atoms with E-state index in [0.717, 1.165) is 5.56 Å².